The molecule has 0 aromatic heterocycles. The van der Waals surface area contributed by atoms with Crippen LogP contribution in [0.4, 0.5) is 0 Å². The van der Waals surface area contributed by atoms with Crippen LogP contribution >= 0.6 is 0 Å². The van der Waals surface area contributed by atoms with Gasteiger partial charge in [0.1, 0.15) is 0 Å². The number of hydrogen-bond acceptors (Lipinski definition) is 3. The summed E-state index contributed by atoms with van der Waals surface area (Å²) in [5.41, 5.74) is 2.88. The molecule has 21 heavy (non-hydrogen) atoms. The van der Waals surface area contributed by atoms with Crippen molar-refractivity contribution in [2.75, 3.05) is 32.8 Å². The Kier molecular flexibility index (Phi) is 4.94. The molecule has 0 aliphatic carbocycles. The highest BCUT2D eigenvalue weighted by molar-refractivity contribution is 5.31. The summed E-state index contributed by atoms with van der Waals surface area (Å²) in [7, 11) is 0. The van der Waals surface area contributed by atoms with Crippen LogP contribution in [0.1, 0.15) is 37.5 Å². The van der Waals surface area contributed by atoms with Gasteiger partial charge in [-0.25, -0.2) is 0 Å². The summed E-state index contributed by atoms with van der Waals surface area (Å²) in [4.78, 5) is 2.58. The van der Waals surface area contributed by atoms with Crippen molar-refractivity contribution in [1.29, 1.82) is 0 Å². The summed E-state index contributed by atoms with van der Waals surface area (Å²) in [5.74, 6) is 0.758. The van der Waals surface area contributed by atoms with E-state index in [1.165, 1.54) is 17.5 Å². The molecule has 2 aliphatic rings. The summed E-state index contributed by atoms with van der Waals surface area (Å²) >= 11 is 0. The van der Waals surface area contributed by atoms with Crippen molar-refractivity contribution >= 4 is 0 Å². The van der Waals surface area contributed by atoms with Crippen LogP contribution in [0.3, 0.4) is 0 Å². The first-order valence-electron chi connectivity index (χ1n) is 8.37. The van der Waals surface area contributed by atoms with E-state index in [2.05, 4.69) is 48.3 Å². The van der Waals surface area contributed by atoms with Gasteiger partial charge in [0.2, 0.25) is 0 Å². The van der Waals surface area contributed by atoms with Gasteiger partial charge in [-0.3, -0.25) is 4.90 Å². The highest BCUT2D eigenvalue weighted by Crippen LogP contribution is 2.28. The first-order valence-corrected chi connectivity index (χ1v) is 8.37. The Balaban J connectivity index is 1.62. The van der Waals surface area contributed by atoms with Gasteiger partial charge in [0.05, 0.1) is 12.7 Å². The lowest BCUT2D eigenvalue weighted by Crippen LogP contribution is -2.52. The molecule has 1 aromatic rings. The molecule has 3 heteroatoms. The van der Waals surface area contributed by atoms with Crippen molar-refractivity contribution in [3.8, 4) is 0 Å². The molecule has 0 amide bonds. The van der Waals surface area contributed by atoms with E-state index in [1.807, 2.05) is 0 Å². The number of ether oxygens (including phenoxy) is 1. The van der Waals surface area contributed by atoms with Gasteiger partial charge in [0.25, 0.3) is 0 Å². The zero-order valence-electron chi connectivity index (χ0n) is 13.3. The molecule has 0 spiro atoms. The third-order valence-corrected chi connectivity index (χ3v) is 4.61. The van der Waals surface area contributed by atoms with E-state index in [9.17, 15) is 0 Å². The zero-order chi connectivity index (χ0) is 14.7. The highest BCUT2D eigenvalue weighted by atomic mass is 16.5. The molecule has 1 aromatic carbocycles. The van der Waals surface area contributed by atoms with Crippen molar-refractivity contribution in [1.82, 2.24) is 10.2 Å². The normalized spacial score (nSPS) is 26.8. The molecule has 116 valence electrons. The Hall–Kier alpha value is -0.900. The number of nitrogens with zero attached hydrogens (tertiary/aromatic N) is 1. The summed E-state index contributed by atoms with van der Waals surface area (Å²) in [5, 5.41) is 3.65. The number of piperazine rings is 1. The Labute approximate surface area is 128 Å². The third-order valence-electron chi connectivity index (χ3n) is 4.61. The number of fused-ring (bicyclic) bond motifs is 1. The van der Waals surface area contributed by atoms with Gasteiger partial charge in [-0.05, 0) is 29.9 Å². The smallest absolute Gasteiger partial charge is 0.0954 e. The Morgan fingerprint density at radius 2 is 2.19 bits per heavy atom. The summed E-state index contributed by atoms with van der Waals surface area (Å²) in [6.07, 6.45) is 2.58. The van der Waals surface area contributed by atoms with E-state index in [4.69, 9.17) is 4.74 Å². The van der Waals surface area contributed by atoms with Crippen LogP contribution in [-0.4, -0.2) is 43.7 Å². The topological polar surface area (TPSA) is 24.5 Å². The Bertz CT molecular complexity index is 460. The van der Waals surface area contributed by atoms with Crippen LogP contribution in [0.5, 0.6) is 0 Å². The van der Waals surface area contributed by atoms with Crippen LogP contribution in [0.15, 0.2) is 24.3 Å². The maximum Gasteiger partial charge on any atom is 0.0954 e. The SMILES string of the molecule is CC(C)CC1CN(CC2OCCc3ccccc32)CCN1. The van der Waals surface area contributed by atoms with Gasteiger partial charge in [0, 0.05) is 32.2 Å². The van der Waals surface area contributed by atoms with Crippen molar-refractivity contribution < 1.29 is 4.74 Å². The molecule has 0 bridgehead atoms. The molecule has 2 unspecified atom stereocenters. The van der Waals surface area contributed by atoms with Crippen molar-refractivity contribution in [2.24, 2.45) is 5.92 Å². The van der Waals surface area contributed by atoms with Crippen LogP contribution in [0, 0.1) is 5.92 Å². The molecule has 1 fully saturated rings. The lowest BCUT2D eigenvalue weighted by Gasteiger charge is -2.37. The van der Waals surface area contributed by atoms with E-state index < -0.39 is 0 Å². The first-order chi connectivity index (χ1) is 10.2. The molecule has 3 rings (SSSR count). The molecule has 1 saturated heterocycles. The lowest BCUT2D eigenvalue weighted by molar-refractivity contribution is 0.00931. The Morgan fingerprint density at radius 1 is 1.33 bits per heavy atom. The fourth-order valence-electron chi connectivity index (χ4n) is 3.65. The maximum atomic E-state index is 6.06. The average molecular weight is 288 g/mol. The highest BCUT2D eigenvalue weighted by Gasteiger charge is 2.26. The summed E-state index contributed by atoms with van der Waals surface area (Å²) in [6, 6.07) is 9.42. The number of nitrogens with one attached hydrogen (secondary N) is 1. The van der Waals surface area contributed by atoms with Crippen molar-refractivity contribution in [3.05, 3.63) is 35.4 Å². The molecular weight excluding hydrogens is 260 g/mol. The zero-order valence-corrected chi connectivity index (χ0v) is 13.3. The molecule has 3 nitrogen and oxygen atoms in total. The number of hydrogen-bond donors (Lipinski definition) is 1. The molecule has 2 heterocycles. The van der Waals surface area contributed by atoms with Gasteiger partial charge in [-0.1, -0.05) is 38.1 Å². The van der Waals surface area contributed by atoms with Crippen molar-refractivity contribution in [2.45, 2.75) is 38.8 Å². The Morgan fingerprint density at radius 3 is 3.05 bits per heavy atom. The van der Waals surface area contributed by atoms with E-state index in [0.29, 0.717) is 6.04 Å². The van der Waals surface area contributed by atoms with E-state index in [0.717, 1.165) is 45.1 Å². The minimum absolute atomic E-state index is 0.257. The monoisotopic (exact) mass is 288 g/mol. The molecule has 2 aliphatic heterocycles. The van der Waals surface area contributed by atoms with Gasteiger partial charge in [-0.2, -0.15) is 0 Å². The fourth-order valence-corrected chi connectivity index (χ4v) is 3.65. The van der Waals surface area contributed by atoms with Crippen LogP contribution in [-0.2, 0) is 11.2 Å². The fraction of sp³-hybridized carbons (Fsp3) is 0.667. The quantitative estimate of drug-likeness (QED) is 0.922. The van der Waals surface area contributed by atoms with E-state index in [1.54, 1.807) is 0 Å². The standard InChI is InChI=1S/C18H28N2O/c1-14(2)11-16-12-20(9-8-19-16)13-18-17-6-4-3-5-15(17)7-10-21-18/h3-6,14,16,18-19H,7-13H2,1-2H3. The lowest BCUT2D eigenvalue weighted by atomic mass is 9.96. The summed E-state index contributed by atoms with van der Waals surface area (Å²) in [6.45, 7) is 9.90. The van der Waals surface area contributed by atoms with Crippen molar-refractivity contribution in [3.63, 3.8) is 0 Å². The second-order valence-electron chi connectivity index (χ2n) is 6.85. The minimum atomic E-state index is 0.257. The third kappa shape index (κ3) is 3.85. The van der Waals surface area contributed by atoms with E-state index in [-0.39, 0.29) is 6.10 Å². The van der Waals surface area contributed by atoms with E-state index >= 15 is 0 Å². The molecule has 0 radical (unpaired) electrons. The summed E-state index contributed by atoms with van der Waals surface area (Å²) < 4.78 is 6.06. The molecule has 0 saturated carbocycles. The molecule has 2 atom stereocenters. The average Bonchev–Trinajstić information content (AvgIpc) is 2.47. The number of benzene rings is 1. The predicted molar refractivity (Wildman–Crippen MR) is 86.5 cm³/mol. The molecular formula is C18H28N2O. The second-order valence-corrected chi connectivity index (χ2v) is 6.85. The largest absolute Gasteiger partial charge is 0.372 e. The van der Waals surface area contributed by atoms with Gasteiger partial charge >= 0.3 is 0 Å². The predicted octanol–water partition coefficient (Wildman–Crippen LogP) is 2.62. The van der Waals surface area contributed by atoms with Gasteiger partial charge in [-0.15, -0.1) is 0 Å². The molecule has 1 N–H and O–H groups in total. The van der Waals surface area contributed by atoms with Gasteiger partial charge in [0.15, 0.2) is 0 Å². The van der Waals surface area contributed by atoms with Gasteiger partial charge < -0.3 is 10.1 Å². The first kappa shape index (κ1) is 15.0. The maximum absolute atomic E-state index is 6.06. The van der Waals surface area contributed by atoms with Crippen LogP contribution < -0.4 is 5.32 Å². The second kappa shape index (κ2) is 6.91. The van der Waals surface area contributed by atoms with Crippen LogP contribution in [0.25, 0.3) is 0 Å². The number of rotatable bonds is 4. The minimum Gasteiger partial charge on any atom is -0.372 e. The van der Waals surface area contributed by atoms with Crippen LogP contribution in [0.2, 0.25) is 0 Å².